The van der Waals surface area contributed by atoms with Crippen LogP contribution in [-0.2, 0) is 6.42 Å². The summed E-state index contributed by atoms with van der Waals surface area (Å²) in [5, 5.41) is 3.25. The van der Waals surface area contributed by atoms with E-state index in [2.05, 4.69) is 58.7 Å². The van der Waals surface area contributed by atoms with Gasteiger partial charge in [0.05, 0.1) is 7.11 Å². The number of ether oxygens (including phenoxy) is 1. The van der Waals surface area contributed by atoms with Crippen LogP contribution in [0.25, 0.3) is 0 Å². The molecule has 1 heterocycles. The third kappa shape index (κ3) is 6.89. The first kappa shape index (κ1) is 23.5. The molecule has 3 N–H and O–H groups in total. The Kier molecular flexibility index (Phi) is 9.73. The van der Waals surface area contributed by atoms with Crippen molar-refractivity contribution in [1.82, 2.24) is 10.2 Å². The van der Waals surface area contributed by atoms with Gasteiger partial charge in [-0.3, -0.25) is 9.89 Å². The number of nitrogens with two attached hydrogens (primary N) is 1. The molecule has 0 aromatic heterocycles. The number of halogens is 1. The molecule has 0 bridgehead atoms. The Labute approximate surface area is 191 Å². The molecule has 0 amide bonds. The number of nitrogens with one attached hydrogen (secondary N) is 1. The molecule has 1 aliphatic heterocycles. The van der Waals surface area contributed by atoms with Gasteiger partial charge in [0.1, 0.15) is 5.75 Å². The number of hydrogen-bond acceptors (Lipinski definition) is 3. The van der Waals surface area contributed by atoms with E-state index in [9.17, 15) is 0 Å². The Balaban J connectivity index is 0.00000300. The molecule has 2 unspecified atom stereocenters. The van der Waals surface area contributed by atoms with Crippen LogP contribution in [0.15, 0.2) is 59.6 Å². The van der Waals surface area contributed by atoms with Gasteiger partial charge in [0.15, 0.2) is 5.96 Å². The fourth-order valence-electron chi connectivity index (χ4n) is 4.03. The summed E-state index contributed by atoms with van der Waals surface area (Å²) >= 11 is 0. The second kappa shape index (κ2) is 12.0. The van der Waals surface area contributed by atoms with E-state index in [4.69, 9.17) is 10.5 Å². The van der Waals surface area contributed by atoms with Crippen molar-refractivity contribution in [2.24, 2.45) is 16.6 Å². The van der Waals surface area contributed by atoms with Gasteiger partial charge in [0.25, 0.3) is 0 Å². The minimum Gasteiger partial charge on any atom is -0.497 e. The smallest absolute Gasteiger partial charge is 0.188 e. The van der Waals surface area contributed by atoms with Crippen molar-refractivity contribution in [3.63, 3.8) is 0 Å². The lowest BCUT2D eigenvalue weighted by Crippen LogP contribution is -2.38. The van der Waals surface area contributed by atoms with Crippen LogP contribution in [0.5, 0.6) is 5.75 Å². The molecular formula is C23H33IN4O. The van der Waals surface area contributed by atoms with Gasteiger partial charge in [-0.05, 0) is 62.0 Å². The largest absolute Gasteiger partial charge is 0.497 e. The van der Waals surface area contributed by atoms with Crippen molar-refractivity contribution in [3.8, 4) is 5.75 Å². The average molecular weight is 508 g/mol. The van der Waals surface area contributed by atoms with E-state index in [1.807, 2.05) is 18.2 Å². The summed E-state index contributed by atoms with van der Waals surface area (Å²) in [5.41, 5.74) is 8.74. The minimum absolute atomic E-state index is 0. The lowest BCUT2D eigenvalue weighted by Gasteiger charge is -2.39. The highest BCUT2D eigenvalue weighted by Crippen LogP contribution is 2.35. The lowest BCUT2D eigenvalue weighted by molar-refractivity contribution is 0.125. The standard InChI is InChI=1S/C23H32N4O.HI/c1-27-16-6-9-20(22(27)19-10-12-21(28-2)13-11-19)17-26-23(24)25-15-14-18-7-4-3-5-8-18;/h3-5,7-8,10-13,20,22H,6,9,14-17H2,1-2H3,(H3,24,25,26);1H. The molecule has 1 fully saturated rings. The van der Waals surface area contributed by atoms with E-state index >= 15 is 0 Å². The van der Waals surface area contributed by atoms with Crippen molar-refractivity contribution in [2.75, 3.05) is 33.8 Å². The van der Waals surface area contributed by atoms with Gasteiger partial charge in [-0.15, -0.1) is 24.0 Å². The number of rotatable bonds is 7. The number of methoxy groups -OCH3 is 1. The molecule has 0 aliphatic carbocycles. The summed E-state index contributed by atoms with van der Waals surface area (Å²) in [5.74, 6) is 1.89. The van der Waals surface area contributed by atoms with Gasteiger partial charge in [0, 0.05) is 19.1 Å². The van der Waals surface area contributed by atoms with Gasteiger partial charge in [0.2, 0.25) is 0 Å². The molecule has 3 rings (SSSR count). The molecule has 1 saturated heterocycles. The van der Waals surface area contributed by atoms with Crippen LogP contribution in [0.1, 0.15) is 30.0 Å². The maximum absolute atomic E-state index is 6.12. The Hall–Kier alpha value is -1.80. The highest BCUT2D eigenvalue weighted by Gasteiger charge is 2.30. The summed E-state index contributed by atoms with van der Waals surface area (Å²) < 4.78 is 5.30. The van der Waals surface area contributed by atoms with Crippen LogP contribution in [-0.4, -0.2) is 44.7 Å². The highest BCUT2D eigenvalue weighted by atomic mass is 127. The van der Waals surface area contributed by atoms with Crippen molar-refractivity contribution >= 4 is 29.9 Å². The van der Waals surface area contributed by atoms with Crippen LogP contribution < -0.4 is 15.8 Å². The van der Waals surface area contributed by atoms with Gasteiger partial charge in [-0.25, -0.2) is 0 Å². The molecule has 0 saturated carbocycles. The zero-order valence-electron chi connectivity index (χ0n) is 17.4. The molecule has 2 aromatic carbocycles. The van der Waals surface area contributed by atoms with Crippen molar-refractivity contribution in [1.29, 1.82) is 0 Å². The topological polar surface area (TPSA) is 62.9 Å². The van der Waals surface area contributed by atoms with Crippen LogP contribution in [0, 0.1) is 5.92 Å². The van der Waals surface area contributed by atoms with E-state index in [0.29, 0.717) is 17.9 Å². The summed E-state index contributed by atoms with van der Waals surface area (Å²) in [7, 11) is 3.90. The van der Waals surface area contributed by atoms with Crippen molar-refractivity contribution in [2.45, 2.75) is 25.3 Å². The zero-order valence-corrected chi connectivity index (χ0v) is 19.7. The number of guanidine groups is 1. The van der Waals surface area contributed by atoms with Crippen LogP contribution in [0.2, 0.25) is 0 Å². The Morgan fingerprint density at radius 2 is 1.90 bits per heavy atom. The first-order valence-corrected chi connectivity index (χ1v) is 10.1. The number of nitrogens with zero attached hydrogens (tertiary/aromatic N) is 2. The third-order valence-corrected chi connectivity index (χ3v) is 5.52. The van der Waals surface area contributed by atoms with E-state index in [0.717, 1.165) is 31.8 Å². The number of aliphatic imine (C=N–C) groups is 1. The highest BCUT2D eigenvalue weighted by molar-refractivity contribution is 14.0. The summed E-state index contributed by atoms with van der Waals surface area (Å²) in [6, 6.07) is 19.2. The minimum atomic E-state index is 0. The average Bonchev–Trinajstić information content (AvgIpc) is 2.73. The van der Waals surface area contributed by atoms with Gasteiger partial charge in [-0.1, -0.05) is 42.5 Å². The number of benzene rings is 2. The predicted octanol–water partition coefficient (Wildman–Crippen LogP) is 3.84. The number of likely N-dealkylation sites (tertiary alicyclic amines) is 1. The van der Waals surface area contributed by atoms with E-state index in [1.165, 1.54) is 24.0 Å². The predicted molar refractivity (Wildman–Crippen MR) is 131 cm³/mol. The van der Waals surface area contributed by atoms with Crippen LogP contribution >= 0.6 is 24.0 Å². The van der Waals surface area contributed by atoms with E-state index in [-0.39, 0.29) is 24.0 Å². The molecule has 2 atom stereocenters. The van der Waals surface area contributed by atoms with Gasteiger partial charge < -0.3 is 15.8 Å². The van der Waals surface area contributed by atoms with Gasteiger partial charge >= 0.3 is 0 Å². The quantitative estimate of drug-likeness (QED) is 0.339. The molecule has 2 aromatic rings. The Bertz CT molecular complexity index is 751. The summed E-state index contributed by atoms with van der Waals surface area (Å²) in [6.07, 6.45) is 3.31. The SMILES string of the molecule is COc1ccc(C2C(CN=C(N)NCCc3ccccc3)CCCN2C)cc1.I. The molecule has 0 radical (unpaired) electrons. The molecule has 6 heteroatoms. The van der Waals surface area contributed by atoms with Crippen LogP contribution in [0.3, 0.4) is 0 Å². The molecule has 158 valence electrons. The molecular weight excluding hydrogens is 475 g/mol. The molecule has 1 aliphatic rings. The second-order valence-electron chi connectivity index (χ2n) is 7.49. The zero-order chi connectivity index (χ0) is 19.8. The number of hydrogen-bond donors (Lipinski definition) is 2. The molecule has 0 spiro atoms. The maximum atomic E-state index is 6.12. The molecule has 5 nitrogen and oxygen atoms in total. The van der Waals surface area contributed by atoms with Crippen molar-refractivity contribution < 1.29 is 4.74 Å². The lowest BCUT2D eigenvalue weighted by atomic mass is 9.85. The Morgan fingerprint density at radius 1 is 1.17 bits per heavy atom. The molecule has 29 heavy (non-hydrogen) atoms. The van der Waals surface area contributed by atoms with Crippen LogP contribution in [0.4, 0.5) is 0 Å². The monoisotopic (exact) mass is 508 g/mol. The normalized spacial score (nSPS) is 20.0. The van der Waals surface area contributed by atoms with Crippen molar-refractivity contribution in [3.05, 3.63) is 65.7 Å². The fraction of sp³-hybridized carbons (Fsp3) is 0.435. The summed E-state index contributed by atoms with van der Waals surface area (Å²) in [6.45, 7) is 2.65. The van der Waals surface area contributed by atoms with E-state index < -0.39 is 0 Å². The first-order valence-electron chi connectivity index (χ1n) is 10.1. The van der Waals surface area contributed by atoms with E-state index in [1.54, 1.807) is 7.11 Å². The Morgan fingerprint density at radius 3 is 2.59 bits per heavy atom. The second-order valence-corrected chi connectivity index (χ2v) is 7.49. The third-order valence-electron chi connectivity index (χ3n) is 5.52. The first-order chi connectivity index (χ1) is 13.7. The summed E-state index contributed by atoms with van der Waals surface area (Å²) in [4.78, 5) is 7.09. The number of piperidine rings is 1. The fourth-order valence-corrected chi connectivity index (χ4v) is 4.03. The maximum Gasteiger partial charge on any atom is 0.188 e. The van der Waals surface area contributed by atoms with Gasteiger partial charge in [-0.2, -0.15) is 0 Å².